The van der Waals surface area contributed by atoms with E-state index in [2.05, 4.69) is 44.9 Å². The zero-order chi connectivity index (χ0) is 13.8. The van der Waals surface area contributed by atoms with E-state index in [-0.39, 0.29) is 0 Å². The first-order chi connectivity index (χ1) is 9.08. The highest BCUT2D eigenvalue weighted by Gasteiger charge is 2.13. The van der Waals surface area contributed by atoms with Gasteiger partial charge in [0.05, 0.1) is 6.10 Å². The number of anilines is 1. The summed E-state index contributed by atoms with van der Waals surface area (Å²) in [5.74, 6) is 0. The van der Waals surface area contributed by atoms with Gasteiger partial charge in [0.2, 0.25) is 0 Å². The number of hydrogen-bond donors (Lipinski definition) is 1. The van der Waals surface area contributed by atoms with E-state index in [1.54, 1.807) is 6.92 Å². The van der Waals surface area contributed by atoms with E-state index in [1.165, 1.54) is 31.6 Å². The molecule has 1 aliphatic rings. The highest BCUT2D eigenvalue weighted by atomic mass is 79.9. The van der Waals surface area contributed by atoms with Crippen LogP contribution in [-0.4, -0.2) is 43.2 Å². The van der Waals surface area contributed by atoms with Gasteiger partial charge >= 0.3 is 0 Å². The molecular formula is C15H23BrN2O. The minimum atomic E-state index is -0.432. The molecule has 1 aliphatic heterocycles. The third kappa shape index (κ3) is 3.94. The molecule has 0 spiro atoms. The van der Waals surface area contributed by atoms with Crippen molar-refractivity contribution in [2.24, 2.45) is 0 Å². The molecule has 19 heavy (non-hydrogen) atoms. The van der Waals surface area contributed by atoms with Crippen molar-refractivity contribution in [3.05, 3.63) is 28.2 Å². The Bertz CT molecular complexity index is 417. The van der Waals surface area contributed by atoms with Crippen molar-refractivity contribution >= 4 is 21.6 Å². The van der Waals surface area contributed by atoms with Crippen molar-refractivity contribution in [1.82, 2.24) is 4.90 Å². The molecule has 1 aromatic rings. The maximum Gasteiger partial charge on any atom is 0.0772 e. The molecule has 0 radical (unpaired) electrons. The van der Waals surface area contributed by atoms with Crippen molar-refractivity contribution in [2.45, 2.75) is 25.9 Å². The van der Waals surface area contributed by atoms with Gasteiger partial charge < -0.3 is 14.9 Å². The van der Waals surface area contributed by atoms with Gasteiger partial charge in [-0.1, -0.05) is 22.0 Å². The Hall–Kier alpha value is -0.580. The lowest BCUT2D eigenvalue weighted by atomic mass is 10.1. The van der Waals surface area contributed by atoms with Crippen LogP contribution in [0.3, 0.4) is 0 Å². The first-order valence-corrected chi connectivity index (χ1v) is 7.78. The lowest BCUT2D eigenvalue weighted by Gasteiger charge is -2.24. The minimum absolute atomic E-state index is 0.432. The molecule has 0 aliphatic carbocycles. The van der Waals surface area contributed by atoms with E-state index in [0.29, 0.717) is 0 Å². The topological polar surface area (TPSA) is 26.7 Å². The molecule has 1 saturated heterocycles. The average molecular weight is 327 g/mol. The van der Waals surface area contributed by atoms with Gasteiger partial charge in [-0.2, -0.15) is 0 Å². The van der Waals surface area contributed by atoms with Crippen LogP contribution in [-0.2, 0) is 0 Å². The summed E-state index contributed by atoms with van der Waals surface area (Å²) in [6, 6.07) is 6.17. The Kier molecular flexibility index (Phi) is 5.25. The molecule has 1 N–H and O–H groups in total. The maximum absolute atomic E-state index is 9.63. The number of likely N-dealkylation sites (N-methyl/N-ethyl adjacent to an activating group) is 1. The van der Waals surface area contributed by atoms with Gasteiger partial charge in [0.1, 0.15) is 0 Å². The number of aliphatic hydroxyl groups is 1. The molecule has 4 heteroatoms. The standard InChI is InChI=1S/C15H23BrN2O/c1-12(19)14-6-5-13(11-15(14)16)17(2)9-10-18-7-3-4-8-18/h5-6,11-12,19H,3-4,7-10H2,1-2H3/t12-/m0/s1. The number of likely N-dealkylation sites (tertiary alicyclic amines) is 1. The predicted octanol–water partition coefficient (Wildman–Crippen LogP) is 3.03. The molecule has 1 fully saturated rings. The molecule has 2 rings (SSSR count). The normalized spacial score (nSPS) is 17.7. The summed E-state index contributed by atoms with van der Waals surface area (Å²) < 4.78 is 0.980. The molecule has 1 heterocycles. The SMILES string of the molecule is C[C@H](O)c1ccc(N(C)CCN2CCCC2)cc1Br. The fraction of sp³-hybridized carbons (Fsp3) is 0.600. The second-order valence-corrected chi connectivity index (χ2v) is 6.21. The second-order valence-electron chi connectivity index (χ2n) is 5.35. The Morgan fingerprint density at radius 2 is 2.05 bits per heavy atom. The van der Waals surface area contributed by atoms with Crippen LogP contribution < -0.4 is 4.90 Å². The van der Waals surface area contributed by atoms with Crippen LogP contribution >= 0.6 is 15.9 Å². The predicted molar refractivity (Wildman–Crippen MR) is 83.7 cm³/mol. The molecule has 0 saturated carbocycles. The molecule has 0 bridgehead atoms. The van der Waals surface area contributed by atoms with E-state index in [1.807, 2.05) is 6.07 Å². The van der Waals surface area contributed by atoms with Crippen LogP contribution in [0.15, 0.2) is 22.7 Å². The van der Waals surface area contributed by atoms with Gasteiger partial charge in [-0.15, -0.1) is 0 Å². The van der Waals surface area contributed by atoms with E-state index >= 15 is 0 Å². The number of benzene rings is 1. The van der Waals surface area contributed by atoms with E-state index in [0.717, 1.165) is 23.1 Å². The third-order valence-electron chi connectivity index (χ3n) is 3.83. The molecule has 0 unspecified atom stereocenters. The summed E-state index contributed by atoms with van der Waals surface area (Å²) in [6.45, 7) is 6.46. The van der Waals surface area contributed by atoms with Crippen LogP contribution in [0.5, 0.6) is 0 Å². The van der Waals surface area contributed by atoms with E-state index in [4.69, 9.17) is 0 Å². The average Bonchev–Trinajstić information content (AvgIpc) is 2.88. The molecule has 3 nitrogen and oxygen atoms in total. The fourth-order valence-corrected chi connectivity index (χ4v) is 3.22. The van der Waals surface area contributed by atoms with Crippen LogP contribution in [0.4, 0.5) is 5.69 Å². The van der Waals surface area contributed by atoms with Crippen LogP contribution in [0.25, 0.3) is 0 Å². The van der Waals surface area contributed by atoms with Crippen LogP contribution in [0, 0.1) is 0 Å². The molecular weight excluding hydrogens is 304 g/mol. The Balaban J connectivity index is 1.94. The Labute approximate surface area is 124 Å². The van der Waals surface area contributed by atoms with Gasteiger partial charge in [0.15, 0.2) is 0 Å². The van der Waals surface area contributed by atoms with Crippen molar-refractivity contribution in [3.8, 4) is 0 Å². The summed E-state index contributed by atoms with van der Waals surface area (Å²) in [4.78, 5) is 4.80. The largest absolute Gasteiger partial charge is 0.389 e. The van der Waals surface area contributed by atoms with Gasteiger partial charge in [0, 0.05) is 30.3 Å². The smallest absolute Gasteiger partial charge is 0.0772 e. The molecule has 0 aromatic heterocycles. The summed E-state index contributed by atoms with van der Waals surface area (Å²) >= 11 is 3.54. The van der Waals surface area contributed by atoms with Gasteiger partial charge in [-0.05, 0) is 50.6 Å². The van der Waals surface area contributed by atoms with Crippen molar-refractivity contribution in [1.29, 1.82) is 0 Å². The number of hydrogen-bond acceptors (Lipinski definition) is 3. The zero-order valence-electron chi connectivity index (χ0n) is 11.8. The number of halogens is 1. The highest BCUT2D eigenvalue weighted by molar-refractivity contribution is 9.10. The highest BCUT2D eigenvalue weighted by Crippen LogP contribution is 2.27. The van der Waals surface area contributed by atoms with E-state index in [9.17, 15) is 5.11 Å². The first-order valence-electron chi connectivity index (χ1n) is 6.99. The van der Waals surface area contributed by atoms with Crippen LogP contribution in [0.2, 0.25) is 0 Å². The molecule has 1 atom stereocenters. The van der Waals surface area contributed by atoms with Crippen molar-refractivity contribution in [2.75, 3.05) is 38.1 Å². The number of nitrogens with zero attached hydrogens (tertiary/aromatic N) is 2. The van der Waals surface area contributed by atoms with Gasteiger partial charge in [0.25, 0.3) is 0 Å². The van der Waals surface area contributed by atoms with Crippen molar-refractivity contribution < 1.29 is 5.11 Å². The summed E-state index contributed by atoms with van der Waals surface area (Å²) in [7, 11) is 2.12. The Morgan fingerprint density at radius 3 is 2.63 bits per heavy atom. The summed E-state index contributed by atoms with van der Waals surface area (Å²) in [5.41, 5.74) is 2.13. The first kappa shape index (κ1) is 14.8. The Morgan fingerprint density at radius 1 is 1.37 bits per heavy atom. The maximum atomic E-state index is 9.63. The molecule has 0 amide bonds. The monoisotopic (exact) mass is 326 g/mol. The van der Waals surface area contributed by atoms with Crippen molar-refractivity contribution in [3.63, 3.8) is 0 Å². The summed E-state index contributed by atoms with van der Waals surface area (Å²) in [6.07, 6.45) is 2.26. The van der Waals surface area contributed by atoms with Gasteiger partial charge in [-0.3, -0.25) is 0 Å². The fourth-order valence-electron chi connectivity index (χ4n) is 2.52. The second kappa shape index (κ2) is 6.73. The molecule has 1 aromatic carbocycles. The lowest BCUT2D eigenvalue weighted by molar-refractivity contribution is 0.198. The van der Waals surface area contributed by atoms with E-state index < -0.39 is 6.10 Å². The number of rotatable bonds is 5. The molecule has 106 valence electrons. The minimum Gasteiger partial charge on any atom is -0.389 e. The summed E-state index contributed by atoms with van der Waals surface area (Å²) in [5, 5.41) is 9.63. The number of aliphatic hydroxyl groups excluding tert-OH is 1. The zero-order valence-corrected chi connectivity index (χ0v) is 13.4. The quantitative estimate of drug-likeness (QED) is 0.900. The van der Waals surface area contributed by atoms with Gasteiger partial charge in [-0.25, -0.2) is 0 Å². The lowest BCUT2D eigenvalue weighted by Crippen LogP contribution is -2.31. The third-order valence-corrected chi connectivity index (χ3v) is 4.51. The van der Waals surface area contributed by atoms with Crippen LogP contribution in [0.1, 0.15) is 31.4 Å².